The van der Waals surface area contributed by atoms with Crippen molar-refractivity contribution in [3.8, 4) is 0 Å². The third-order valence-electron chi connectivity index (χ3n) is 2.24. The third-order valence-corrected chi connectivity index (χ3v) is 2.24. The maximum absolute atomic E-state index is 11.5. The fourth-order valence-electron chi connectivity index (χ4n) is 1.29. The molecule has 1 rings (SSSR count). The minimum absolute atomic E-state index is 0.0632. The van der Waals surface area contributed by atoms with Crippen molar-refractivity contribution in [2.75, 3.05) is 26.3 Å². The molecule has 1 amide bonds. The zero-order valence-electron chi connectivity index (χ0n) is 8.53. The Balaban J connectivity index is 2.33. The minimum Gasteiger partial charge on any atom is -0.513 e. The lowest BCUT2D eigenvalue weighted by Crippen LogP contribution is -2.40. The number of aliphatic hydroxyl groups is 1. The van der Waals surface area contributed by atoms with Crippen molar-refractivity contribution in [2.45, 2.75) is 19.8 Å². The number of hydrogen-bond acceptors (Lipinski definition) is 3. The van der Waals surface area contributed by atoms with Crippen LogP contribution in [0.4, 0.5) is 0 Å². The van der Waals surface area contributed by atoms with Crippen LogP contribution in [0.15, 0.2) is 11.8 Å². The average molecular weight is 199 g/mol. The van der Waals surface area contributed by atoms with E-state index in [1.54, 1.807) is 11.0 Å². The number of nitrogens with zero attached hydrogens (tertiary/aromatic N) is 1. The van der Waals surface area contributed by atoms with Crippen LogP contribution < -0.4 is 0 Å². The van der Waals surface area contributed by atoms with E-state index in [2.05, 4.69) is 0 Å². The Morgan fingerprint density at radius 3 is 2.71 bits per heavy atom. The Bertz CT molecular complexity index is 219. The molecule has 1 heterocycles. The second-order valence-electron chi connectivity index (χ2n) is 3.25. The Morgan fingerprint density at radius 1 is 1.50 bits per heavy atom. The predicted octanol–water partition coefficient (Wildman–Crippen LogP) is 1.09. The van der Waals surface area contributed by atoms with Crippen LogP contribution in [0.2, 0.25) is 0 Å². The van der Waals surface area contributed by atoms with Gasteiger partial charge < -0.3 is 14.7 Å². The van der Waals surface area contributed by atoms with Crippen molar-refractivity contribution >= 4 is 5.91 Å². The Labute approximate surface area is 84.2 Å². The fraction of sp³-hybridized carbons (Fsp3) is 0.700. The van der Waals surface area contributed by atoms with Crippen molar-refractivity contribution in [3.63, 3.8) is 0 Å². The maximum Gasteiger partial charge on any atom is 0.226 e. The third kappa shape index (κ3) is 3.38. The summed E-state index contributed by atoms with van der Waals surface area (Å²) in [5.74, 6) is 0.347. The van der Waals surface area contributed by atoms with Gasteiger partial charge in [0.2, 0.25) is 5.91 Å². The van der Waals surface area contributed by atoms with E-state index in [-0.39, 0.29) is 11.7 Å². The number of hydrogen-bond donors (Lipinski definition) is 1. The number of carbonyl (C=O) groups is 1. The highest BCUT2D eigenvalue weighted by Gasteiger charge is 2.15. The van der Waals surface area contributed by atoms with Gasteiger partial charge in [0, 0.05) is 25.9 Å². The molecule has 0 aliphatic carbocycles. The molecule has 4 nitrogen and oxygen atoms in total. The van der Waals surface area contributed by atoms with Gasteiger partial charge in [0.1, 0.15) is 0 Å². The number of ether oxygens (including phenoxy) is 1. The molecule has 1 aliphatic rings. The van der Waals surface area contributed by atoms with E-state index in [4.69, 9.17) is 4.74 Å². The van der Waals surface area contributed by atoms with Gasteiger partial charge in [-0.05, 0) is 6.08 Å². The Morgan fingerprint density at radius 2 is 2.14 bits per heavy atom. The lowest BCUT2D eigenvalue weighted by atomic mass is 10.2. The number of rotatable bonds is 3. The van der Waals surface area contributed by atoms with Crippen molar-refractivity contribution in [1.29, 1.82) is 0 Å². The van der Waals surface area contributed by atoms with Gasteiger partial charge in [-0.1, -0.05) is 6.92 Å². The molecule has 14 heavy (non-hydrogen) atoms. The summed E-state index contributed by atoms with van der Waals surface area (Å²) >= 11 is 0. The molecule has 1 saturated heterocycles. The second kappa shape index (κ2) is 5.65. The molecule has 0 radical (unpaired) electrons. The molecule has 0 bridgehead atoms. The number of carbonyl (C=O) groups excluding carboxylic acids is 1. The topological polar surface area (TPSA) is 49.8 Å². The molecule has 0 saturated carbocycles. The molecule has 80 valence electrons. The van der Waals surface area contributed by atoms with E-state index in [1.807, 2.05) is 6.92 Å². The largest absolute Gasteiger partial charge is 0.513 e. The van der Waals surface area contributed by atoms with Crippen LogP contribution in [0.5, 0.6) is 0 Å². The molecule has 0 unspecified atom stereocenters. The van der Waals surface area contributed by atoms with Crippen LogP contribution in [-0.2, 0) is 9.53 Å². The monoisotopic (exact) mass is 199 g/mol. The molecular weight excluding hydrogens is 182 g/mol. The van der Waals surface area contributed by atoms with Gasteiger partial charge >= 0.3 is 0 Å². The Kier molecular flexibility index (Phi) is 4.46. The zero-order valence-corrected chi connectivity index (χ0v) is 8.53. The molecule has 1 N–H and O–H groups in total. The standard InChI is InChI=1S/C10H17NO3/c1-2-9(12)3-4-10(13)11-5-7-14-8-6-11/h3,12H,2,4-8H2,1H3/b9-3-. The van der Waals surface area contributed by atoms with Crippen molar-refractivity contribution in [2.24, 2.45) is 0 Å². The van der Waals surface area contributed by atoms with Crippen LogP contribution in [0.1, 0.15) is 19.8 Å². The van der Waals surface area contributed by atoms with E-state index in [0.717, 1.165) is 0 Å². The van der Waals surface area contributed by atoms with Gasteiger partial charge in [-0.25, -0.2) is 0 Å². The van der Waals surface area contributed by atoms with Crippen molar-refractivity contribution in [3.05, 3.63) is 11.8 Å². The normalized spacial score (nSPS) is 18.4. The highest BCUT2D eigenvalue weighted by molar-refractivity contribution is 5.77. The van der Waals surface area contributed by atoms with Gasteiger partial charge in [0.25, 0.3) is 0 Å². The molecule has 4 heteroatoms. The maximum atomic E-state index is 11.5. The van der Waals surface area contributed by atoms with Crippen molar-refractivity contribution in [1.82, 2.24) is 4.90 Å². The average Bonchev–Trinajstić information content (AvgIpc) is 2.26. The summed E-state index contributed by atoms with van der Waals surface area (Å²) in [5.41, 5.74) is 0. The van der Waals surface area contributed by atoms with E-state index in [1.165, 1.54) is 0 Å². The summed E-state index contributed by atoms with van der Waals surface area (Å²) in [6.45, 7) is 4.43. The number of amides is 1. The number of morpholine rings is 1. The zero-order chi connectivity index (χ0) is 10.4. The van der Waals surface area contributed by atoms with Crippen LogP contribution in [0, 0.1) is 0 Å². The smallest absolute Gasteiger partial charge is 0.226 e. The SMILES string of the molecule is CC/C(O)=C/CC(=O)N1CCOCC1. The highest BCUT2D eigenvalue weighted by atomic mass is 16.5. The molecule has 0 aromatic rings. The van der Waals surface area contributed by atoms with Gasteiger partial charge in [-0.3, -0.25) is 4.79 Å². The summed E-state index contributed by atoms with van der Waals surface area (Å²) in [4.78, 5) is 13.3. The summed E-state index contributed by atoms with van der Waals surface area (Å²) < 4.78 is 5.14. The number of aliphatic hydroxyl groups excluding tert-OH is 1. The predicted molar refractivity (Wildman–Crippen MR) is 53.0 cm³/mol. The first-order chi connectivity index (χ1) is 6.74. The van der Waals surface area contributed by atoms with Crippen LogP contribution in [0.3, 0.4) is 0 Å². The van der Waals surface area contributed by atoms with E-state index < -0.39 is 0 Å². The van der Waals surface area contributed by atoms with Gasteiger partial charge in [0.05, 0.1) is 19.0 Å². The first-order valence-electron chi connectivity index (χ1n) is 4.97. The summed E-state index contributed by atoms with van der Waals surface area (Å²) in [7, 11) is 0. The molecule has 0 aromatic carbocycles. The lowest BCUT2D eigenvalue weighted by Gasteiger charge is -2.26. The molecule has 0 spiro atoms. The first kappa shape index (κ1) is 11.0. The first-order valence-corrected chi connectivity index (χ1v) is 4.97. The summed E-state index contributed by atoms with van der Waals surface area (Å²) in [6, 6.07) is 0. The quantitative estimate of drug-likeness (QED) is 0.692. The molecule has 1 fully saturated rings. The molecule has 1 aliphatic heterocycles. The second-order valence-corrected chi connectivity index (χ2v) is 3.25. The van der Waals surface area contributed by atoms with E-state index >= 15 is 0 Å². The summed E-state index contributed by atoms with van der Waals surface area (Å²) in [6.07, 6.45) is 2.45. The van der Waals surface area contributed by atoms with Gasteiger partial charge in [-0.15, -0.1) is 0 Å². The van der Waals surface area contributed by atoms with Crippen LogP contribution in [-0.4, -0.2) is 42.2 Å². The molecule has 0 aromatic heterocycles. The van der Waals surface area contributed by atoms with Crippen LogP contribution >= 0.6 is 0 Å². The minimum atomic E-state index is 0.0632. The van der Waals surface area contributed by atoms with Gasteiger partial charge in [-0.2, -0.15) is 0 Å². The summed E-state index contributed by atoms with van der Waals surface area (Å²) in [5, 5.41) is 9.17. The fourth-order valence-corrected chi connectivity index (χ4v) is 1.29. The van der Waals surface area contributed by atoms with Crippen LogP contribution in [0.25, 0.3) is 0 Å². The van der Waals surface area contributed by atoms with Crippen molar-refractivity contribution < 1.29 is 14.6 Å². The number of allylic oxidation sites excluding steroid dienone is 1. The van der Waals surface area contributed by atoms with E-state index in [0.29, 0.717) is 39.1 Å². The molecule has 0 atom stereocenters. The van der Waals surface area contributed by atoms with Gasteiger partial charge in [0.15, 0.2) is 0 Å². The van der Waals surface area contributed by atoms with E-state index in [9.17, 15) is 9.90 Å². The Hall–Kier alpha value is -1.03. The lowest BCUT2D eigenvalue weighted by molar-refractivity contribution is -0.134. The highest BCUT2D eigenvalue weighted by Crippen LogP contribution is 2.03. The molecular formula is C10H17NO3.